The maximum absolute atomic E-state index is 13.9. The first-order chi connectivity index (χ1) is 20.6. The highest BCUT2D eigenvalue weighted by Gasteiger charge is 2.89. The SMILES string of the molecule is CCCCCCCCOc1ccc(-c2ccc(C(=O)OCCC(F)(F)C(F)(F)C(F)(F)C(F)(F)C(F)(F)C(F)(F)Cl)cc2)cc1. The van der Waals surface area contributed by atoms with Crippen LogP contribution in [0.3, 0.4) is 0 Å². The van der Waals surface area contributed by atoms with Crippen LogP contribution in [0.25, 0.3) is 11.1 Å². The highest BCUT2D eigenvalue weighted by atomic mass is 35.5. The van der Waals surface area contributed by atoms with Gasteiger partial charge in [0.05, 0.1) is 25.2 Å². The van der Waals surface area contributed by atoms with E-state index in [4.69, 9.17) is 4.74 Å². The fourth-order valence-electron chi connectivity index (χ4n) is 3.93. The molecule has 0 aliphatic rings. The topological polar surface area (TPSA) is 35.5 Å². The third kappa shape index (κ3) is 8.50. The molecule has 3 nitrogen and oxygen atoms in total. The van der Waals surface area contributed by atoms with Crippen molar-refractivity contribution in [1.82, 2.24) is 0 Å². The van der Waals surface area contributed by atoms with Gasteiger partial charge in [-0.1, -0.05) is 63.3 Å². The summed E-state index contributed by atoms with van der Waals surface area (Å²) in [4.78, 5) is 12.1. The lowest BCUT2D eigenvalue weighted by molar-refractivity contribution is -0.417. The Kier molecular flexibility index (Phi) is 12.5. The number of rotatable bonds is 18. The number of unbranched alkanes of at least 4 members (excludes halogenated alkanes) is 5. The number of alkyl halides is 13. The molecule has 254 valence electrons. The summed E-state index contributed by atoms with van der Waals surface area (Å²) in [5, 5.41) is -6.51. The zero-order valence-corrected chi connectivity index (χ0v) is 24.4. The highest BCUT2D eigenvalue weighted by molar-refractivity contribution is 6.22. The van der Waals surface area contributed by atoms with Gasteiger partial charge in [0.25, 0.3) is 0 Å². The van der Waals surface area contributed by atoms with Crippen molar-refractivity contribution in [3.8, 4) is 16.9 Å². The maximum atomic E-state index is 13.9. The third-order valence-corrected chi connectivity index (χ3v) is 6.96. The van der Waals surface area contributed by atoms with Crippen LogP contribution < -0.4 is 4.74 Å². The molecule has 0 aliphatic heterocycles. The van der Waals surface area contributed by atoms with E-state index in [0.717, 1.165) is 37.8 Å². The molecule has 0 atom stereocenters. The lowest BCUT2D eigenvalue weighted by Gasteiger charge is -2.40. The minimum atomic E-state index is -7.74. The molecule has 0 spiro atoms. The Morgan fingerprint density at radius 3 is 1.60 bits per heavy atom. The van der Waals surface area contributed by atoms with Gasteiger partial charge in [0, 0.05) is 0 Å². The van der Waals surface area contributed by atoms with Crippen LogP contribution in [0.5, 0.6) is 5.75 Å². The van der Waals surface area contributed by atoms with E-state index in [2.05, 4.69) is 23.3 Å². The van der Waals surface area contributed by atoms with E-state index < -0.39 is 54.0 Å². The zero-order valence-electron chi connectivity index (χ0n) is 23.6. The van der Waals surface area contributed by atoms with Crippen LogP contribution in [-0.4, -0.2) is 54.2 Å². The number of benzene rings is 2. The summed E-state index contributed by atoms with van der Waals surface area (Å²) >= 11 is 3.65. The van der Waals surface area contributed by atoms with Crippen molar-refractivity contribution in [3.05, 3.63) is 54.1 Å². The van der Waals surface area contributed by atoms with Crippen LogP contribution in [0, 0.1) is 0 Å². The molecule has 0 saturated heterocycles. The van der Waals surface area contributed by atoms with Gasteiger partial charge in [0.1, 0.15) is 5.75 Å². The summed E-state index contributed by atoms with van der Waals surface area (Å²) in [6, 6.07) is 12.0. The standard InChI is InChI=1S/C29H29ClF12O3/c1-2-3-4-5-6-7-17-44-22-14-12-20(13-15-22)19-8-10-21(11-9-19)23(43)45-18-16-24(31,32)25(33,34)26(35,36)27(37,38)28(39,40)29(30,41)42/h8-15H,2-7,16-18H2,1H3. The molecule has 0 aromatic heterocycles. The average molecular weight is 689 g/mol. The molecule has 0 heterocycles. The van der Waals surface area contributed by atoms with E-state index >= 15 is 0 Å². The van der Waals surface area contributed by atoms with E-state index in [1.165, 1.54) is 25.0 Å². The summed E-state index contributed by atoms with van der Waals surface area (Å²) < 4.78 is 171. The van der Waals surface area contributed by atoms with Gasteiger partial charge in [-0.05, 0) is 53.4 Å². The van der Waals surface area contributed by atoms with Gasteiger partial charge in [-0.15, -0.1) is 0 Å². The third-order valence-electron chi connectivity index (χ3n) is 6.72. The average Bonchev–Trinajstić information content (AvgIpc) is 2.96. The number of esters is 1. The number of carbonyl (C=O) groups excluding carboxylic acids is 1. The minimum absolute atomic E-state index is 0.312. The Morgan fingerprint density at radius 2 is 1.09 bits per heavy atom. The Bertz CT molecular complexity index is 1230. The van der Waals surface area contributed by atoms with Crippen LogP contribution in [0.15, 0.2) is 48.5 Å². The van der Waals surface area contributed by atoms with Crippen molar-refractivity contribution in [2.45, 2.75) is 86.9 Å². The Hall–Kier alpha value is -2.84. The number of halogens is 13. The van der Waals surface area contributed by atoms with Crippen LogP contribution in [0.2, 0.25) is 0 Å². The summed E-state index contributed by atoms with van der Waals surface area (Å²) in [6.45, 7) is 0.906. The number of carbonyl (C=O) groups is 1. The molecule has 2 aromatic carbocycles. The highest BCUT2D eigenvalue weighted by Crippen LogP contribution is 2.61. The molecule has 2 rings (SSSR count). The van der Waals surface area contributed by atoms with Gasteiger partial charge in [0.2, 0.25) is 0 Å². The number of hydrogen-bond acceptors (Lipinski definition) is 3. The molecule has 0 saturated carbocycles. The fraction of sp³-hybridized carbons (Fsp3) is 0.552. The van der Waals surface area contributed by atoms with E-state index in [0.29, 0.717) is 23.5 Å². The van der Waals surface area contributed by atoms with Gasteiger partial charge in [0.15, 0.2) is 0 Å². The Labute approximate surface area is 255 Å². The first-order valence-corrected chi connectivity index (χ1v) is 14.0. The Morgan fingerprint density at radius 1 is 0.622 bits per heavy atom. The first kappa shape index (κ1) is 38.3. The van der Waals surface area contributed by atoms with Crippen molar-refractivity contribution in [2.75, 3.05) is 13.2 Å². The second kappa shape index (κ2) is 14.7. The number of ether oxygens (including phenoxy) is 2. The Balaban J connectivity index is 1.97. The lowest BCUT2D eigenvalue weighted by Crippen LogP contribution is -2.70. The molecule has 0 fully saturated rings. The quantitative estimate of drug-likeness (QED) is 0.0677. The van der Waals surface area contributed by atoms with E-state index in [9.17, 15) is 57.5 Å². The van der Waals surface area contributed by atoms with Gasteiger partial charge in [-0.25, -0.2) is 4.79 Å². The molecule has 0 aliphatic carbocycles. The van der Waals surface area contributed by atoms with Crippen molar-refractivity contribution in [3.63, 3.8) is 0 Å². The van der Waals surface area contributed by atoms with Crippen LogP contribution >= 0.6 is 11.6 Å². The summed E-state index contributed by atoms with van der Waals surface area (Å²) in [5.74, 6) is -37.2. The minimum Gasteiger partial charge on any atom is -0.494 e. The molecule has 0 amide bonds. The van der Waals surface area contributed by atoms with Crippen LogP contribution in [0.1, 0.15) is 62.2 Å². The summed E-state index contributed by atoms with van der Waals surface area (Å²) in [7, 11) is 0. The van der Waals surface area contributed by atoms with Crippen LogP contribution in [-0.2, 0) is 4.74 Å². The molecule has 16 heteroatoms. The molecule has 0 N–H and O–H groups in total. The van der Waals surface area contributed by atoms with E-state index in [1.807, 2.05) is 0 Å². The molecule has 0 bridgehead atoms. The first-order valence-electron chi connectivity index (χ1n) is 13.6. The summed E-state index contributed by atoms with van der Waals surface area (Å²) in [6.07, 6.45) is 4.05. The monoisotopic (exact) mass is 688 g/mol. The van der Waals surface area contributed by atoms with Crippen molar-refractivity contribution < 1.29 is 67.0 Å². The maximum Gasteiger partial charge on any atom is 0.393 e. The van der Waals surface area contributed by atoms with Gasteiger partial charge in [-0.2, -0.15) is 52.7 Å². The molecular formula is C29H29ClF12O3. The molecule has 0 radical (unpaired) electrons. The van der Waals surface area contributed by atoms with Gasteiger partial charge >= 0.3 is 41.0 Å². The predicted molar refractivity (Wildman–Crippen MR) is 141 cm³/mol. The van der Waals surface area contributed by atoms with Crippen LogP contribution in [0.4, 0.5) is 52.7 Å². The zero-order chi connectivity index (χ0) is 34.3. The molecule has 2 aromatic rings. The lowest BCUT2D eigenvalue weighted by atomic mass is 9.93. The van der Waals surface area contributed by atoms with Crippen molar-refractivity contribution in [2.24, 2.45) is 0 Å². The predicted octanol–water partition coefficient (Wildman–Crippen LogP) is 10.6. The summed E-state index contributed by atoms with van der Waals surface area (Å²) in [5.41, 5.74) is 0.940. The molecule has 45 heavy (non-hydrogen) atoms. The van der Waals surface area contributed by atoms with E-state index in [1.54, 1.807) is 24.3 Å². The van der Waals surface area contributed by atoms with Crippen molar-refractivity contribution in [1.29, 1.82) is 0 Å². The molecule has 0 unspecified atom stereocenters. The van der Waals surface area contributed by atoms with E-state index in [-0.39, 0.29) is 5.56 Å². The van der Waals surface area contributed by atoms with Gasteiger partial charge < -0.3 is 9.47 Å². The fourth-order valence-corrected chi connectivity index (χ4v) is 4.05. The largest absolute Gasteiger partial charge is 0.494 e. The van der Waals surface area contributed by atoms with Crippen molar-refractivity contribution >= 4 is 17.6 Å². The normalized spacial score (nSPS) is 13.6. The second-order valence-corrected chi connectivity index (χ2v) is 10.6. The van der Waals surface area contributed by atoms with Gasteiger partial charge in [-0.3, -0.25) is 0 Å². The second-order valence-electron chi connectivity index (χ2n) is 10.1. The number of hydrogen-bond donors (Lipinski definition) is 0. The molecular weight excluding hydrogens is 660 g/mol. The smallest absolute Gasteiger partial charge is 0.393 e.